The highest BCUT2D eigenvalue weighted by Crippen LogP contribution is 2.37. The molecule has 0 spiro atoms. The number of hydrogen-bond donors (Lipinski definition) is 3. The summed E-state index contributed by atoms with van der Waals surface area (Å²) in [5, 5.41) is 3.69. The molecular formula is C41H62F2N4O2. The molecule has 0 saturated heterocycles. The Balaban J connectivity index is 1.39. The van der Waals surface area contributed by atoms with Crippen LogP contribution >= 0.6 is 0 Å². The van der Waals surface area contributed by atoms with Gasteiger partial charge in [-0.15, -0.1) is 0 Å². The lowest BCUT2D eigenvalue weighted by Gasteiger charge is -2.33. The number of unbranched alkanes of at least 4 members (excludes halogenated alkanes) is 8. The molecule has 1 aromatic heterocycles. The normalized spacial score (nSPS) is 12.7. The lowest BCUT2D eigenvalue weighted by Crippen LogP contribution is -2.40. The Morgan fingerprint density at radius 1 is 0.796 bits per heavy atom. The first-order valence-electron chi connectivity index (χ1n) is 18.4. The molecule has 1 atom stereocenters. The number of hydrogen-bond acceptors (Lipinski definition) is 4. The van der Waals surface area contributed by atoms with Gasteiger partial charge in [0.25, 0.3) is 0 Å². The molecule has 3 aromatic rings. The van der Waals surface area contributed by atoms with E-state index in [0.29, 0.717) is 37.2 Å². The van der Waals surface area contributed by atoms with Crippen molar-refractivity contribution in [1.29, 1.82) is 0 Å². The number of hydrazine groups is 1. The van der Waals surface area contributed by atoms with Crippen molar-refractivity contribution in [3.63, 3.8) is 0 Å². The molecule has 1 amide bonds. The average molecular weight is 681 g/mol. The smallest absolute Gasteiger partial charge is 0.421 e. The van der Waals surface area contributed by atoms with Crippen LogP contribution in [-0.2, 0) is 11.3 Å². The molecule has 0 bridgehead atoms. The maximum atomic E-state index is 14.8. The number of rotatable bonds is 21. The fourth-order valence-electron chi connectivity index (χ4n) is 6.16. The Labute approximate surface area is 294 Å². The number of nitrogens with zero attached hydrogens (tertiary/aromatic N) is 1. The van der Waals surface area contributed by atoms with Crippen molar-refractivity contribution in [3.8, 4) is 11.1 Å². The van der Waals surface area contributed by atoms with E-state index in [1.165, 1.54) is 63.5 Å². The van der Waals surface area contributed by atoms with Crippen molar-refractivity contribution >= 4 is 6.09 Å². The molecule has 0 aliphatic rings. The van der Waals surface area contributed by atoms with Gasteiger partial charge in [-0.2, -0.15) is 0 Å². The first-order chi connectivity index (χ1) is 23.3. The summed E-state index contributed by atoms with van der Waals surface area (Å²) >= 11 is 0. The van der Waals surface area contributed by atoms with E-state index in [4.69, 9.17) is 4.74 Å². The Morgan fingerprint density at radius 3 is 2.10 bits per heavy atom. The lowest BCUT2D eigenvalue weighted by molar-refractivity contribution is 0.139. The summed E-state index contributed by atoms with van der Waals surface area (Å²) in [6.07, 6.45) is 14.6. The van der Waals surface area contributed by atoms with E-state index in [-0.39, 0.29) is 17.0 Å². The first kappa shape index (κ1) is 40.2. The number of amides is 1. The molecule has 0 radical (unpaired) electrons. The highest BCUT2D eigenvalue weighted by atomic mass is 19.1. The van der Waals surface area contributed by atoms with Crippen molar-refractivity contribution in [1.82, 2.24) is 20.7 Å². The lowest BCUT2D eigenvalue weighted by atomic mass is 9.84. The third-order valence-electron chi connectivity index (χ3n) is 8.85. The zero-order valence-electron chi connectivity index (χ0n) is 31.0. The number of carbonyl (C=O) groups excluding carboxylic acids is 1. The third kappa shape index (κ3) is 15.5. The van der Waals surface area contributed by atoms with Crippen molar-refractivity contribution in [3.05, 3.63) is 83.7 Å². The second kappa shape index (κ2) is 20.4. The van der Waals surface area contributed by atoms with Crippen LogP contribution in [0.1, 0.15) is 129 Å². The summed E-state index contributed by atoms with van der Waals surface area (Å²) in [4.78, 5) is 12.1. The monoisotopic (exact) mass is 680 g/mol. The second-order valence-electron chi connectivity index (χ2n) is 15.7. The minimum Gasteiger partial charge on any atom is -0.449 e. The van der Waals surface area contributed by atoms with Crippen molar-refractivity contribution in [2.24, 2.45) is 10.8 Å². The van der Waals surface area contributed by atoms with Gasteiger partial charge in [0.2, 0.25) is 0 Å². The van der Waals surface area contributed by atoms with Gasteiger partial charge >= 0.3 is 6.09 Å². The predicted molar refractivity (Wildman–Crippen MR) is 198 cm³/mol. The fourth-order valence-corrected chi connectivity index (χ4v) is 6.16. The summed E-state index contributed by atoms with van der Waals surface area (Å²) in [7, 11) is 0. The van der Waals surface area contributed by atoms with E-state index in [1.54, 1.807) is 0 Å². The standard InChI is InChI=1S/C41H62F2N4O2/c1-40(2,3)24-17-12-10-8-7-9-11-13-18-27-49-39(48)46-45-26-19-25-44-38(41(4,5)6)37-28-33(35-29-34(42)22-23-36(35)43)31-47(37)30-32-20-15-14-16-21-32/h14-16,20-23,28-29,31,38,44-45H,7-13,17-19,24-27,30H2,1-6H3,(H,46,48)/t38-/m0/s1. The van der Waals surface area contributed by atoms with Gasteiger partial charge in [-0.25, -0.2) is 19.0 Å². The van der Waals surface area contributed by atoms with E-state index in [0.717, 1.165) is 36.6 Å². The molecule has 0 saturated carbocycles. The second-order valence-corrected chi connectivity index (χ2v) is 15.7. The third-order valence-corrected chi connectivity index (χ3v) is 8.85. The molecule has 0 aliphatic heterocycles. The van der Waals surface area contributed by atoms with Crippen LogP contribution in [0.15, 0.2) is 60.8 Å². The van der Waals surface area contributed by atoms with Gasteiger partial charge in [-0.05, 0) is 66.5 Å². The molecular weight excluding hydrogens is 618 g/mol. The van der Waals surface area contributed by atoms with Gasteiger partial charge in [-0.1, -0.05) is 123 Å². The van der Waals surface area contributed by atoms with Crippen LogP contribution in [0, 0.1) is 22.5 Å². The molecule has 49 heavy (non-hydrogen) atoms. The van der Waals surface area contributed by atoms with Crippen LogP contribution < -0.4 is 16.2 Å². The molecule has 2 aromatic carbocycles. The summed E-state index contributed by atoms with van der Waals surface area (Å²) in [5.41, 5.74) is 8.88. The van der Waals surface area contributed by atoms with E-state index in [9.17, 15) is 13.6 Å². The number of carbonyl (C=O) groups is 1. The topological polar surface area (TPSA) is 67.3 Å². The Morgan fingerprint density at radius 2 is 1.45 bits per heavy atom. The Bertz CT molecular complexity index is 1380. The molecule has 3 rings (SSSR count). The number of nitrogens with one attached hydrogen (secondary N) is 3. The SMILES string of the molecule is CC(C)(C)CCCCCCCCCCCOC(=O)NNCCCN[C@@H](c1cc(-c2cc(F)ccc2F)cn1Cc1ccccc1)C(C)(C)C. The number of benzene rings is 2. The predicted octanol–water partition coefficient (Wildman–Crippen LogP) is 10.7. The molecule has 0 unspecified atom stereocenters. The van der Waals surface area contributed by atoms with Gasteiger partial charge in [0.15, 0.2) is 0 Å². The number of aromatic nitrogens is 1. The fraction of sp³-hybridized carbons (Fsp3) is 0.585. The molecule has 0 aliphatic carbocycles. The van der Waals surface area contributed by atoms with Gasteiger partial charge in [0, 0.05) is 36.1 Å². The average Bonchev–Trinajstić information content (AvgIpc) is 3.44. The maximum absolute atomic E-state index is 14.8. The highest BCUT2D eigenvalue weighted by molar-refractivity contribution is 5.66. The maximum Gasteiger partial charge on any atom is 0.421 e. The van der Waals surface area contributed by atoms with Gasteiger partial charge in [0.1, 0.15) is 11.6 Å². The Hall–Kier alpha value is -3.23. The molecule has 0 fully saturated rings. The quantitative estimate of drug-likeness (QED) is 0.0774. The van der Waals surface area contributed by atoms with Gasteiger partial charge in [0.05, 0.1) is 12.6 Å². The van der Waals surface area contributed by atoms with E-state index in [2.05, 4.69) is 74.4 Å². The summed E-state index contributed by atoms with van der Waals surface area (Å²) in [6, 6.07) is 15.6. The summed E-state index contributed by atoms with van der Waals surface area (Å²) in [6.45, 7) is 15.7. The zero-order chi connectivity index (χ0) is 35.7. The highest BCUT2D eigenvalue weighted by Gasteiger charge is 2.29. The summed E-state index contributed by atoms with van der Waals surface area (Å²) < 4.78 is 36.4. The van der Waals surface area contributed by atoms with Crippen LogP contribution in [-0.4, -0.2) is 30.4 Å². The zero-order valence-corrected chi connectivity index (χ0v) is 31.0. The molecule has 3 N–H and O–H groups in total. The van der Waals surface area contributed by atoms with Crippen molar-refractivity contribution in [2.45, 2.75) is 125 Å². The van der Waals surface area contributed by atoms with Crippen LogP contribution in [0.25, 0.3) is 11.1 Å². The molecule has 1 heterocycles. The molecule has 6 nitrogen and oxygen atoms in total. The Kier molecular flexibility index (Phi) is 16.8. The minimum atomic E-state index is -0.470. The van der Waals surface area contributed by atoms with E-state index >= 15 is 0 Å². The van der Waals surface area contributed by atoms with Crippen LogP contribution in [0.3, 0.4) is 0 Å². The van der Waals surface area contributed by atoms with Crippen molar-refractivity contribution in [2.75, 3.05) is 19.7 Å². The van der Waals surface area contributed by atoms with E-state index in [1.807, 2.05) is 30.5 Å². The summed E-state index contributed by atoms with van der Waals surface area (Å²) in [5.74, 6) is -0.923. The molecule has 272 valence electrons. The van der Waals surface area contributed by atoms with E-state index < -0.39 is 17.7 Å². The first-order valence-corrected chi connectivity index (χ1v) is 18.4. The number of ether oxygens (including phenoxy) is 1. The van der Waals surface area contributed by atoms with Crippen LogP contribution in [0.4, 0.5) is 13.6 Å². The largest absolute Gasteiger partial charge is 0.449 e. The van der Waals surface area contributed by atoms with Gasteiger partial charge < -0.3 is 14.6 Å². The molecule has 8 heteroatoms. The number of halogens is 2. The minimum absolute atomic E-state index is 0.0714. The van der Waals surface area contributed by atoms with Crippen molar-refractivity contribution < 1.29 is 18.3 Å². The van der Waals surface area contributed by atoms with Gasteiger partial charge in [-0.3, -0.25) is 5.43 Å². The van der Waals surface area contributed by atoms with Crippen LogP contribution in [0.2, 0.25) is 0 Å². The van der Waals surface area contributed by atoms with Crippen LogP contribution in [0.5, 0.6) is 0 Å².